The van der Waals surface area contributed by atoms with Crippen LogP contribution >= 0.6 is 11.3 Å². The fourth-order valence-electron chi connectivity index (χ4n) is 2.32. The van der Waals surface area contributed by atoms with Crippen molar-refractivity contribution in [2.75, 3.05) is 18.5 Å². The molecule has 0 saturated carbocycles. The Morgan fingerprint density at radius 1 is 1.39 bits per heavy atom. The van der Waals surface area contributed by atoms with Crippen molar-refractivity contribution in [2.45, 2.75) is 13.3 Å². The Kier molecular flexibility index (Phi) is 4.20. The Morgan fingerprint density at radius 2 is 2.22 bits per heavy atom. The Balaban J connectivity index is 2.18. The monoisotopic (exact) mass is 328 g/mol. The second-order valence-corrected chi connectivity index (χ2v) is 6.26. The van der Waals surface area contributed by atoms with E-state index in [0.29, 0.717) is 11.6 Å². The number of fused-ring (bicyclic) bond motifs is 1. The third-order valence-electron chi connectivity index (χ3n) is 3.43. The van der Waals surface area contributed by atoms with Crippen LogP contribution in [0.2, 0.25) is 0 Å². The van der Waals surface area contributed by atoms with Crippen LogP contribution in [0.1, 0.15) is 11.8 Å². The van der Waals surface area contributed by atoms with Gasteiger partial charge in [0.05, 0.1) is 5.39 Å². The average molecular weight is 328 g/mol. The molecule has 1 N–H and O–H groups in total. The molecule has 0 aliphatic heterocycles. The van der Waals surface area contributed by atoms with Crippen molar-refractivity contribution in [1.29, 1.82) is 0 Å². The molecule has 0 radical (unpaired) electrons. The topological polar surface area (TPSA) is 79.2 Å². The molecule has 0 saturated heterocycles. The maximum absolute atomic E-state index is 11.0. The van der Waals surface area contributed by atoms with Crippen molar-refractivity contribution in [1.82, 2.24) is 15.0 Å². The van der Waals surface area contributed by atoms with Crippen LogP contribution in [0.25, 0.3) is 21.6 Å². The van der Waals surface area contributed by atoms with E-state index in [9.17, 15) is 4.79 Å². The van der Waals surface area contributed by atoms with E-state index in [-0.39, 0.29) is 6.54 Å². The van der Waals surface area contributed by atoms with Gasteiger partial charge in [-0.3, -0.25) is 9.78 Å². The van der Waals surface area contributed by atoms with Crippen molar-refractivity contribution in [2.24, 2.45) is 0 Å². The molecule has 0 aromatic carbocycles. The molecule has 0 bridgehead atoms. The minimum Gasteiger partial charge on any atom is -0.480 e. The molecule has 0 aliphatic carbocycles. The smallest absolute Gasteiger partial charge is 0.323 e. The maximum atomic E-state index is 11.0. The number of anilines is 1. The standard InChI is InChI=1S/C16H16N4O2S/c1-3-11-7-12-15(20(2)9-13(21)22)18-14(19-16(12)23-11)10-5-4-6-17-8-10/h4-8H,3,9H2,1-2H3,(H,21,22). The highest BCUT2D eigenvalue weighted by Gasteiger charge is 2.17. The lowest BCUT2D eigenvalue weighted by Crippen LogP contribution is -2.26. The van der Waals surface area contributed by atoms with Gasteiger partial charge in [-0.15, -0.1) is 11.3 Å². The molecule has 0 amide bonds. The normalized spacial score (nSPS) is 10.9. The van der Waals surface area contributed by atoms with Crippen LogP contribution in [0.5, 0.6) is 0 Å². The number of carboxylic acid groups (broad SMARTS) is 1. The Labute approximate surface area is 137 Å². The lowest BCUT2D eigenvalue weighted by atomic mass is 10.2. The number of aromatic nitrogens is 3. The predicted octanol–water partition coefficient (Wildman–Crippen LogP) is 2.84. The molecule has 23 heavy (non-hydrogen) atoms. The van der Waals surface area contributed by atoms with Crippen molar-refractivity contribution >= 4 is 33.3 Å². The van der Waals surface area contributed by atoms with Gasteiger partial charge in [0.25, 0.3) is 0 Å². The van der Waals surface area contributed by atoms with Crippen LogP contribution in [0.4, 0.5) is 5.82 Å². The minimum atomic E-state index is -0.895. The number of carbonyl (C=O) groups is 1. The lowest BCUT2D eigenvalue weighted by molar-refractivity contribution is -0.135. The van der Waals surface area contributed by atoms with Gasteiger partial charge in [-0.2, -0.15) is 0 Å². The predicted molar refractivity (Wildman–Crippen MR) is 90.9 cm³/mol. The van der Waals surface area contributed by atoms with Gasteiger partial charge in [-0.1, -0.05) is 6.92 Å². The van der Waals surface area contributed by atoms with Gasteiger partial charge in [0.1, 0.15) is 17.2 Å². The molecule has 7 heteroatoms. The van der Waals surface area contributed by atoms with Crippen LogP contribution in [0.15, 0.2) is 30.6 Å². The van der Waals surface area contributed by atoms with Crippen LogP contribution in [-0.2, 0) is 11.2 Å². The number of pyridine rings is 1. The number of rotatable bonds is 5. The molecule has 0 unspecified atom stereocenters. The summed E-state index contributed by atoms with van der Waals surface area (Å²) in [5, 5.41) is 9.95. The van der Waals surface area contributed by atoms with Gasteiger partial charge in [0.2, 0.25) is 0 Å². The fourth-order valence-corrected chi connectivity index (χ4v) is 3.29. The van der Waals surface area contributed by atoms with Crippen LogP contribution in [0, 0.1) is 0 Å². The van der Waals surface area contributed by atoms with Crippen molar-refractivity contribution in [3.63, 3.8) is 0 Å². The fraction of sp³-hybridized carbons (Fsp3) is 0.250. The maximum Gasteiger partial charge on any atom is 0.323 e. The number of likely N-dealkylation sites (N-methyl/N-ethyl adjacent to an activating group) is 1. The van der Waals surface area contributed by atoms with Gasteiger partial charge >= 0.3 is 5.97 Å². The first kappa shape index (κ1) is 15.4. The van der Waals surface area contributed by atoms with E-state index in [0.717, 1.165) is 22.2 Å². The van der Waals surface area contributed by atoms with Crippen LogP contribution in [-0.4, -0.2) is 39.6 Å². The van der Waals surface area contributed by atoms with Gasteiger partial charge in [0, 0.05) is 29.9 Å². The van der Waals surface area contributed by atoms with Crippen molar-refractivity contribution < 1.29 is 9.90 Å². The molecule has 0 fully saturated rings. The molecule has 3 rings (SSSR count). The average Bonchev–Trinajstić information content (AvgIpc) is 2.97. The quantitative estimate of drug-likeness (QED) is 0.776. The van der Waals surface area contributed by atoms with Gasteiger partial charge in [-0.05, 0) is 24.6 Å². The van der Waals surface area contributed by atoms with E-state index >= 15 is 0 Å². The molecule has 0 spiro atoms. The summed E-state index contributed by atoms with van der Waals surface area (Å²) in [4.78, 5) is 28.1. The molecular formula is C16H16N4O2S. The third-order valence-corrected chi connectivity index (χ3v) is 4.60. The number of hydrogen-bond donors (Lipinski definition) is 1. The third kappa shape index (κ3) is 3.14. The molecule has 3 heterocycles. The van der Waals surface area contributed by atoms with Gasteiger partial charge in [-0.25, -0.2) is 9.97 Å². The van der Waals surface area contributed by atoms with Crippen molar-refractivity contribution in [3.8, 4) is 11.4 Å². The summed E-state index contributed by atoms with van der Waals surface area (Å²) < 4.78 is 0. The summed E-state index contributed by atoms with van der Waals surface area (Å²) in [7, 11) is 1.73. The SMILES string of the molecule is CCc1cc2c(N(C)CC(=O)O)nc(-c3cccnc3)nc2s1. The Bertz CT molecular complexity index is 848. The summed E-state index contributed by atoms with van der Waals surface area (Å²) in [6, 6.07) is 5.76. The first-order chi connectivity index (χ1) is 11.1. The van der Waals surface area contributed by atoms with Crippen LogP contribution in [0.3, 0.4) is 0 Å². The number of carboxylic acids is 1. The van der Waals surface area contributed by atoms with E-state index in [4.69, 9.17) is 5.11 Å². The molecule has 3 aromatic heterocycles. The number of thiophene rings is 1. The zero-order chi connectivity index (χ0) is 16.4. The second kappa shape index (κ2) is 6.29. The lowest BCUT2D eigenvalue weighted by Gasteiger charge is -2.17. The highest BCUT2D eigenvalue weighted by Crippen LogP contribution is 2.32. The summed E-state index contributed by atoms with van der Waals surface area (Å²) in [6.45, 7) is 1.97. The molecule has 6 nitrogen and oxygen atoms in total. The first-order valence-electron chi connectivity index (χ1n) is 7.22. The number of hydrogen-bond acceptors (Lipinski definition) is 6. The molecule has 0 atom stereocenters. The Morgan fingerprint density at radius 3 is 2.87 bits per heavy atom. The summed E-state index contributed by atoms with van der Waals surface area (Å²) in [5.41, 5.74) is 0.811. The number of aryl methyl sites for hydroxylation is 1. The zero-order valence-electron chi connectivity index (χ0n) is 12.9. The highest BCUT2D eigenvalue weighted by molar-refractivity contribution is 7.18. The molecule has 3 aromatic rings. The van der Waals surface area contributed by atoms with E-state index in [1.54, 1.807) is 35.7 Å². The van der Waals surface area contributed by atoms with E-state index in [1.165, 1.54) is 4.88 Å². The molecule has 118 valence electrons. The van der Waals surface area contributed by atoms with Gasteiger partial charge in [0.15, 0.2) is 5.82 Å². The first-order valence-corrected chi connectivity index (χ1v) is 8.04. The number of nitrogens with zero attached hydrogens (tertiary/aromatic N) is 4. The van der Waals surface area contributed by atoms with Crippen LogP contribution < -0.4 is 4.90 Å². The number of aliphatic carboxylic acids is 1. The summed E-state index contributed by atoms with van der Waals surface area (Å²) >= 11 is 1.61. The largest absolute Gasteiger partial charge is 0.480 e. The second-order valence-electron chi connectivity index (χ2n) is 5.15. The van der Waals surface area contributed by atoms with E-state index < -0.39 is 5.97 Å². The van der Waals surface area contributed by atoms with E-state index in [2.05, 4.69) is 21.9 Å². The summed E-state index contributed by atoms with van der Waals surface area (Å²) in [6.07, 6.45) is 4.31. The molecule has 0 aliphatic rings. The summed E-state index contributed by atoms with van der Waals surface area (Å²) in [5.74, 6) is 0.294. The minimum absolute atomic E-state index is 0.115. The van der Waals surface area contributed by atoms with Gasteiger partial charge < -0.3 is 10.0 Å². The van der Waals surface area contributed by atoms with Crippen molar-refractivity contribution in [3.05, 3.63) is 35.5 Å². The van der Waals surface area contributed by atoms with E-state index in [1.807, 2.05) is 18.2 Å². The highest BCUT2D eigenvalue weighted by atomic mass is 32.1. The Hall–Kier alpha value is -2.54. The zero-order valence-corrected chi connectivity index (χ0v) is 13.7. The molecular weight excluding hydrogens is 312 g/mol.